The van der Waals surface area contributed by atoms with E-state index < -0.39 is 23.7 Å². The molecular weight excluding hydrogens is 297 g/mol. The van der Waals surface area contributed by atoms with Crippen LogP contribution >= 0.6 is 0 Å². The molecule has 1 amide bonds. The number of carbonyl (C=O) groups is 1. The third-order valence-electron chi connectivity index (χ3n) is 3.18. The van der Waals surface area contributed by atoms with Crippen LogP contribution in [-0.4, -0.2) is 5.91 Å². The topological polar surface area (TPSA) is 68.3 Å². The molecule has 3 N–H and O–H groups in total. The highest BCUT2D eigenvalue weighted by Gasteiger charge is 2.30. The van der Waals surface area contributed by atoms with Gasteiger partial charge in [0.2, 0.25) is 0 Å². The number of nitrogens with one attached hydrogen (secondary N) is 1. The molecule has 0 spiro atoms. The van der Waals surface area contributed by atoms with Crippen molar-refractivity contribution in [2.24, 2.45) is 5.73 Å². The van der Waals surface area contributed by atoms with Crippen LogP contribution in [0.25, 0.3) is 0 Å². The van der Waals surface area contributed by atoms with E-state index in [-0.39, 0.29) is 12.1 Å². The summed E-state index contributed by atoms with van der Waals surface area (Å²) in [5.74, 6) is 0.0187. The summed E-state index contributed by atoms with van der Waals surface area (Å²) in [6.07, 6.45) is -3.16. The maximum absolute atomic E-state index is 12.7. The van der Waals surface area contributed by atoms with Crippen LogP contribution in [0.1, 0.15) is 40.2 Å². The highest BCUT2D eigenvalue weighted by Crippen LogP contribution is 2.30. The Morgan fingerprint density at radius 1 is 1.36 bits per heavy atom. The first-order valence-corrected chi connectivity index (χ1v) is 6.56. The van der Waals surface area contributed by atoms with Crippen LogP contribution in [-0.2, 0) is 12.7 Å². The average Bonchev–Trinajstić information content (AvgIpc) is 2.95. The fourth-order valence-electron chi connectivity index (χ4n) is 1.95. The molecule has 2 rings (SSSR count). The monoisotopic (exact) mass is 312 g/mol. The van der Waals surface area contributed by atoms with Gasteiger partial charge in [-0.3, -0.25) is 4.79 Å². The molecule has 0 bridgehead atoms. The number of hydrogen-bond donors (Lipinski definition) is 2. The number of nitrogens with two attached hydrogens (primary N) is 1. The fraction of sp³-hybridized carbons (Fsp3) is 0.267. The Bertz CT molecular complexity index is 665. The lowest BCUT2D eigenvalue weighted by molar-refractivity contribution is -0.137. The van der Waals surface area contributed by atoms with E-state index in [1.807, 2.05) is 0 Å². The van der Waals surface area contributed by atoms with Gasteiger partial charge in [-0.2, -0.15) is 13.2 Å². The molecule has 1 heterocycles. The lowest BCUT2D eigenvalue weighted by Gasteiger charge is -2.15. The van der Waals surface area contributed by atoms with E-state index in [9.17, 15) is 18.0 Å². The predicted octanol–water partition coefficient (Wildman–Crippen LogP) is 3.25. The standard InChI is InChI=1S/C15H15F3N2O2/c1-9(10-3-2-4-12(5-10)15(16,17)18)20-14(21)11-6-13(7-19)22-8-11/h2-6,8-9H,7,19H2,1H3,(H,20,21). The number of benzene rings is 1. The molecule has 118 valence electrons. The third kappa shape index (κ3) is 3.67. The van der Waals surface area contributed by atoms with Crippen LogP contribution in [0.3, 0.4) is 0 Å². The quantitative estimate of drug-likeness (QED) is 0.910. The van der Waals surface area contributed by atoms with E-state index >= 15 is 0 Å². The van der Waals surface area contributed by atoms with E-state index in [0.29, 0.717) is 11.3 Å². The number of carbonyl (C=O) groups excluding carboxylic acids is 1. The molecule has 0 fully saturated rings. The Morgan fingerprint density at radius 3 is 2.68 bits per heavy atom. The maximum Gasteiger partial charge on any atom is 0.416 e. The molecule has 22 heavy (non-hydrogen) atoms. The number of alkyl halides is 3. The summed E-state index contributed by atoms with van der Waals surface area (Å²) < 4.78 is 43.1. The Labute approximate surface area is 125 Å². The Hall–Kier alpha value is -2.28. The molecule has 0 saturated carbocycles. The molecule has 4 nitrogen and oxygen atoms in total. The molecule has 2 aromatic rings. The van der Waals surface area contributed by atoms with Crippen molar-refractivity contribution in [3.63, 3.8) is 0 Å². The summed E-state index contributed by atoms with van der Waals surface area (Å²) >= 11 is 0. The predicted molar refractivity (Wildman–Crippen MR) is 73.9 cm³/mol. The minimum absolute atomic E-state index is 0.163. The number of amides is 1. The highest BCUT2D eigenvalue weighted by atomic mass is 19.4. The van der Waals surface area contributed by atoms with E-state index in [4.69, 9.17) is 10.2 Å². The molecule has 1 aromatic heterocycles. The van der Waals surface area contributed by atoms with Crippen molar-refractivity contribution in [3.05, 3.63) is 59.0 Å². The van der Waals surface area contributed by atoms with Crippen LogP contribution in [0.5, 0.6) is 0 Å². The number of furan rings is 1. The van der Waals surface area contributed by atoms with Gasteiger partial charge < -0.3 is 15.5 Å². The lowest BCUT2D eigenvalue weighted by Crippen LogP contribution is -2.26. The van der Waals surface area contributed by atoms with Gasteiger partial charge in [-0.05, 0) is 30.7 Å². The number of halogens is 3. The van der Waals surface area contributed by atoms with Gasteiger partial charge in [0.1, 0.15) is 12.0 Å². The maximum atomic E-state index is 12.7. The average molecular weight is 312 g/mol. The second kappa shape index (κ2) is 6.23. The Balaban J connectivity index is 2.11. The smallest absolute Gasteiger partial charge is 0.416 e. The zero-order valence-corrected chi connectivity index (χ0v) is 11.8. The van der Waals surface area contributed by atoms with Crippen LogP contribution < -0.4 is 11.1 Å². The van der Waals surface area contributed by atoms with Crippen molar-refractivity contribution >= 4 is 5.91 Å². The molecular formula is C15H15F3N2O2. The Kier molecular flexibility index (Phi) is 4.56. The van der Waals surface area contributed by atoms with Gasteiger partial charge in [-0.15, -0.1) is 0 Å². The first kappa shape index (κ1) is 16.1. The minimum atomic E-state index is -4.42. The highest BCUT2D eigenvalue weighted by molar-refractivity contribution is 5.94. The molecule has 1 atom stereocenters. The van der Waals surface area contributed by atoms with Crippen molar-refractivity contribution in [1.82, 2.24) is 5.32 Å². The van der Waals surface area contributed by atoms with Crippen LogP contribution in [0.4, 0.5) is 13.2 Å². The van der Waals surface area contributed by atoms with Crippen molar-refractivity contribution in [2.75, 3.05) is 0 Å². The first-order valence-electron chi connectivity index (χ1n) is 6.56. The molecule has 1 aromatic carbocycles. The Morgan fingerprint density at radius 2 is 2.09 bits per heavy atom. The number of hydrogen-bond acceptors (Lipinski definition) is 3. The zero-order valence-electron chi connectivity index (χ0n) is 11.8. The SMILES string of the molecule is CC(NC(=O)c1coc(CN)c1)c1cccc(C(F)(F)F)c1. The van der Waals surface area contributed by atoms with Crippen molar-refractivity contribution in [3.8, 4) is 0 Å². The molecule has 0 radical (unpaired) electrons. The molecule has 1 unspecified atom stereocenters. The van der Waals surface area contributed by atoms with Gasteiger partial charge >= 0.3 is 6.18 Å². The molecule has 0 aliphatic rings. The van der Waals surface area contributed by atoms with Gasteiger partial charge in [0.15, 0.2) is 0 Å². The fourth-order valence-corrected chi connectivity index (χ4v) is 1.95. The molecule has 0 aliphatic heterocycles. The van der Waals surface area contributed by atoms with E-state index in [2.05, 4.69) is 5.32 Å². The van der Waals surface area contributed by atoms with Crippen molar-refractivity contribution < 1.29 is 22.4 Å². The largest absolute Gasteiger partial charge is 0.467 e. The lowest BCUT2D eigenvalue weighted by atomic mass is 10.0. The summed E-state index contributed by atoms with van der Waals surface area (Å²) in [7, 11) is 0. The second-order valence-corrected chi connectivity index (χ2v) is 4.82. The van der Waals surface area contributed by atoms with Gasteiger partial charge in [0, 0.05) is 0 Å². The normalized spacial score (nSPS) is 13.0. The summed E-state index contributed by atoms with van der Waals surface area (Å²) in [5.41, 5.74) is 5.27. The summed E-state index contributed by atoms with van der Waals surface area (Å²) in [6.45, 7) is 1.77. The zero-order chi connectivity index (χ0) is 16.3. The van der Waals surface area contributed by atoms with Gasteiger partial charge in [0.05, 0.1) is 23.7 Å². The first-order chi connectivity index (χ1) is 10.3. The van der Waals surface area contributed by atoms with Gasteiger partial charge in [-0.25, -0.2) is 0 Å². The van der Waals surface area contributed by atoms with Crippen LogP contribution in [0.2, 0.25) is 0 Å². The van der Waals surface area contributed by atoms with Crippen LogP contribution in [0, 0.1) is 0 Å². The van der Waals surface area contributed by atoms with Crippen molar-refractivity contribution in [2.45, 2.75) is 25.7 Å². The summed E-state index contributed by atoms with van der Waals surface area (Å²) in [4.78, 5) is 12.0. The summed E-state index contributed by atoms with van der Waals surface area (Å²) in [6, 6.07) is 5.76. The second-order valence-electron chi connectivity index (χ2n) is 4.82. The van der Waals surface area contributed by atoms with Gasteiger partial charge in [0.25, 0.3) is 5.91 Å². The van der Waals surface area contributed by atoms with Crippen LogP contribution in [0.15, 0.2) is 41.0 Å². The third-order valence-corrected chi connectivity index (χ3v) is 3.18. The summed E-state index contributed by atoms with van der Waals surface area (Å²) in [5, 5.41) is 2.62. The molecule has 0 saturated heterocycles. The van der Waals surface area contributed by atoms with E-state index in [0.717, 1.165) is 12.1 Å². The minimum Gasteiger partial charge on any atom is -0.467 e. The molecule has 0 aliphatic carbocycles. The van der Waals surface area contributed by atoms with Crippen molar-refractivity contribution in [1.29, 1.82) is 0 Å². The van der Waals surface area contributed by atoms with E-state index in [1.54, 1.807) is 6.92 Å². The number of rotatable bonds is 4. The van der Waals surface area contributed by atoms with Gasteiger partial charge in [-0.1, -0.05) is 12.1 Å². The van der Waals surface area contributed by atoms with E-state index in [1.165, 1.54) is 24.5 Å². The molecule has 7 heteroatoms.